The number of ether oxygens (including phenoxy) is 2. The number of sulfonamides is 1. The predicted octanol–water partition coefficient (Wildman–Crippen LogP) is 2.45. The van der Waals surface area contributed by atoms with Crippen molar-refractivity contribution in [3.8, 4) is 11.5 Å². The van der Waals surface area contributed by atoms with Crippen LogP contribution in [0.2, 0.25) is 0 Å². The molecule has 0 spiro atoms. The number of fused-ring (bicyclic) bond motifs is 2. The second kappa shape index (κ2) is 6.21. The Kier molecular flexibility index (Phi) is 3.99. The van der Waals surface area contributed by atoms with E-state index in [1.807, 2.05) is 6.07 Å². The van der Waals surface area contributed by atoms with Crippen LogP contribution in [0.25, 0.3) is 0 Å². The number of carboxylic acid groups (broad SMARTS) is 1. The molecule has 0 atom stereocenters. The fraction of sp³-hybridized carbons (Fsp3) is 0.278. The summed E-state index contributed by atoms with van der Waals surface area (Å²) in [6.07, 6.45) is 2.81. The maximum Gasteiger partial charge on any atom is 0.337 e. The highest BCUT2D eigenvalue weighted by Gasteiger charge is 2.24. The van der Waals surface area contributed by atoms with E-state index in [1.165, 1.54) is 12.1 Å². The number of hydrogen-bond donors (Lipinski definition) is 2. The van der Waals surface area contributed by atoms with Gasteiger partial charge in [0.25, 0.3) is 10.0 Å². The van der Waals surface area contributed by atoms with E-state index in [2.05, 4.69) is 4.72 Å². The van der Waals surface area contributed by atoms with E-state index in [9.17, 15) is 18.3 Å². The van der Waals surface area contributed by atoms with Crippen LogP contribution in [0.4, 0.5) is 5.69 Å². The molecule has 4 rings (SSSR count). The van der Waals surface area contributed by atoms with Crippen molar-refractivity contribution in [2.24, 2.45) is 0 Å². The number of carbonyl (C=O) groups is 1. The summed E-state index contributed by atoms with van der Waals surface area (Å²) in [6, 6.07) is 7.65. The van der Waals surface area contributed by atoms with Crippen LogP contribution in [0.3, 0.4) is 0 Å². The summed E-state index contributed by atoms with van der Waals surface area (Å²) >= 11 is 0. The molecule has 0 radical (unpaired) electrons. The zero-order valence-electron chi connectivity index (χ0n) is 13.8. The molecular weight excluding hydrogens is 358 g/mol. The molecule has 0 unspecified atom stereocenters. The first-order chi connectivity index (χ1) is 12.4. The van der Waals surface area contributed by atoms with Crippen LogP contribution < -0.4 is 14.2 Å². The van der Waals surface area contributed by atoms with Crippen molar-refractivity contribution in [3.63, 3.8) is 0 Å². The van der Waals surface area contributed by atoms with Crippen LogP contribution in [0.5, 0.6) is 11.5 Å². The summed E-state index contributed by atoms with van der Waals surface area (Å²) in [4.78, 5) is 11.7. The van der Waals surface area contributed by atoms with Crippen molar-refractivity contribution < 1.29 is 27.8 Å². The van der Waals surface area contributed by atoms with Gasteiger partial charge in [-0.3, -0.25) is 4.72 Å². The third kappa shape index (κ3) is 2.96. The van der Waals surface area contributed by atoms with Gasteiger partial charge in [-0.1, -0.05) is 6.07 Å². The first-order valence-electron chi connectivity index (χ1n) is 8.25. The maximum absolute atomic E-state index is 12.8. The molecule has 8 heteroatoms. The lowest BCUT2D eigenvalue weighted by Gasteiger charge is -2.20. The molecule has 2 N–H and O–H groups in total. The van der Waals surface area contributed by atoms with Crippen molar-refractivity contribution in [1.82, 2.24) is 0 Å². The number of aryl methyl sites for hydroxylation is 2. The fourth-order valence-electron chi connectivity index (χ4n) is 3.27. The number of nitrogens with one attached hydrogen (secondary N) is 1. The topological polar surface area (TPSA) is 102 Å². The average Bonchev–Trinajstić information content (AvgIpc) is 3.08. The van der Waals surface area contributed by atoms with E-state index in [-0.39, 0.29) is 21.9 Å². The van der Waals surface area contributed by atoms with Crippen molar-refractivity contribution in [3.05, 3.63) is 47.0 Å². The molecule has 2 aromatic carbocycles. The molecule has 0 fully saturated rings. The maximum atomic E-state index is 12.8. The standard InChI is InChI=1S/C18H17NO6S/c20-18(21)14-9-16-17(25-7-6-24-16)10-15(14)19-26(22,23)13-5-4-11-2-1-3-12(11)8-13/h4-5,8-10,19H,1-3,6-7H2,(H,20,21). The van der Waals surface area contributed by atoms with Crippen LogP contribution >= 0.6 is 0 Å². The van der Waals surface area contributed by atoms with Gasteiger partial charge in [0.05, 0.1) is 16.1 Å². The Balaban J connectivity index is 1.72. The normalized spacial score (nSPS) is 15.4. The Morgan fingerprint density at radius 2 is 1.69 bits per heavy atom. The molecule has 26 heavy (non-hydrogen) atoms. The van der Waals surface area contributed by atoms with Gasteiger partial charge in [-0.15, -0.1) is 0 Å². The Labute approximate surface area is 150 Å². The zero-order valence-corrected chi connectivity index (χ0v) is 14.6. The predicted molar refractivity (Wildman–Crippen MR) is 93.7 cm³/mol. The van der Waals surface area contributed by atoms with E-state index in [1.54, 1.807) is 12.1 Å². The molecule has 136 valence electrons. The van der Waals surface area contributed by atoms with Gasteiger partial charge in [0.2, 0.25) is 0 Å². The monoisotopic (exact) mass is 375 g/mol. The number of hydrogen-bond acceptors (Lipinski definition) is 5. The summed E-state index contributed by atoms with van der Waals surface area (Å²) in [5.74, 6) is -0.657. The fourth-order valence-corrected chi connectivity index (χ4v) is 4.39. The van der Waals surface area contributed by atoms with E-state index in [0.29, 0.717) is 19.0 Å². The van der Waals surface area contributed by atoms with Gasteiger partial charge in [0.15, 0.2) is 11.5 Å². The number of carboxylic acids is 1. The molecule has 1 aliphatic carbocycles. The summed E-state index contributed by atoms with van der Waals surface area (Å²) in [7, 11) is -3.93. The minimum Gasteiger partial charge on any atom is -0.486 e. The Hall–Kier alpha value is -2.74. The third-order valence-electron chi connectivity index (χ3n) is 4.54. The van der Waals surface area contributed by atoms with Crippen LogP contribution in [0.1, 0.15) is 27.9 Å². The number of rotatable bonds is 4. The summed E-state index contributed by atoms with van der Waals surface area (Å²) < 4.78 is 38.7. The quantitative estimate of drug-likeness (QED) is 0.851. The number of anilines is 1. The van der Waals surface area contributed by atoms with Crippen molar-refractivity contribution >= 4 is 21.7 Å². The smallest absolute Gasteiger partial charge is 0.337 e. The molecule has 7 nitrogen and oxygen atoms in total. The van der Waals surface area contributed by atoms with Crippen molar-refractivity contribution in [2.75, 3.05) is 17.9 Å². The molecular formula is C18H17NO6S. The summed E-state index contributed by atoms with van der Waals surface area (Å²) in [5.41, 5.74) is 1.93. The van der Waals surface area contributed by atoms with Crippen molar-refractivity contribution in [2.45, 2.75) is 24.2 Å². The number of benzene rings is 2. The van der Waals surface area contributed by atoms with Crippen LogP contribution in [0, 0.1) is 0 Å². The van der Waals surface area contributed by atoms with E-state index >= 15 is 0 Å². The van der Waals surface area contributed by atoms with Gasteiger partial charge in [-0.25, -0.2) is 13.2 Å². The van der Waals surface area contributed by atoms with Gasteiger partial charge in [-0.2, -0.15) is 0 Å². The average molecular weight is 375 g/mol. The highest BCUT2D eigenvalue weighted by molar-refractivity contribution is 7.92. The lowest BCUT2D eigenvalue weighted by molar-refractivity contribution is 0.0697. The van der Waals surface area contributed by atoms with E-state index < -0.39 is 16.0 Å². The molecule has 0 aromatic heterocycles. The van der Waals surface area contributed by atoms with E-state index in [0.717, 1.165) is 30.4 Å². The number of aromatic carboxylic acids is 1. The molecule has 0 bridgehead atoms. The van der Waals surface area contributed by atoms with Gasteiger partial charge in [0, 0.05) is 12.1 Å². The summed E-state index contributed by atoms with van der Waals surface area (Å²) in [5, 5.41) is 9.43. The van der Waals surface area contributed by atoms with Crippen LogP contribution in [-0.2, 0) is 22.9 Å². The molecule has 0 saturated carbocycles. The molecule has 1 heterocycles. The second-order valence-electron chi connectivity index (χ2n) is 6.24. The molecule has 1 aliphatic heterocycles. The van der Waals surface area contributed by atoms with Crippen LogP contribution in [0.15, 0.2) is 35.2 Å². The molecule has 0 saturated heterocycles. The first kappa shape index (κ1) is 16.7. The second-order valence-corrected chi connectivity index (χ2v) is 7.92. The van der Waals surface area contributed by atoms with Gasteiger partial charge in [-0.05, 0) is 42.5 Å². The minimum atomic E-state index is -3.93. The lowest BCUT2D eigenvalue weighted by Crippen LogP contribution is -2.19. The van der Waals surface area contributed by atoms with E-state index in [4.69, 9.17) is 9.47 Å². The Morgan fingerprint density at radius 3 is 2.42 bits per heavy atom. The molecule has 2 aromatic rings. The van der Waals surface area contributed by atoms with Gasteiger partial charge >= 0.3 is 5.97 Å². The molecule has 2 aliphatic rings. The Bertz CT molecular complexity index is 999. The highest BCUT2D eigenvalue weighted by atomic mass is 32.2. The molecule has 0 amide bonds. The summed E-state index contributed by atoms with van der Waals surface area (Å²) in [6.45, 7) is 0.628. The largest absolute Gasteiger partial charge is 0.486 e. The first-order valence-corrected chi connectivity index (χ1v) is 9.74. The highest BCUT2D eigenvalue weighted by Crippen LogP contribution is 2.36. The zero-order chi connectivity index (χ0) is 18.3. The third-order valence-corrected chi connectivity index (χ3v) is 5.90. The van der Waals surface area contributed by atoms with Crippen molar-refractivity contribution in [1.29, 1.82) is 0 Å². The van der Waals surface area contributed by atoms with Gasteiger partial charge in [0.1, 0.15) is 13.2 Å². The van der Waals surface area contributed by atoms with Gasteiger partial charge < -0.3 is 14.6 Å². The SMILES string of the molecule is O=C(O)c1cc2c(cc1NS(=O)(=O)c1ccc3c(c1)CCC3)OCCO2. The van der Waals surface area contributed by atoms with Crippen LogP contribution in [-0.4, -0.2) is 32.7 Å². The Morgan fingerprint density at radius 1 is 1.00 bits per heavy atom. The lowest BCUT2D eigenvalue weighted by atomic mass is 10.1. The minimum absolute atomic E-state index is 0.0535.